The van der Waals surface area contributed by atoms with Crippen LogP contribution in [0.4, 0.5) is 24.9 Å². The van der Waals surface area contributed by atoms with Gasteiger partial charge in [0.15, 0.2) is 10.8 Å². The van der Waals surface area contributed by atoms with Crippen molar-refractivity contribution >= 4 is 29.1 Å². The molecule has 0 radical (unpaired) electrons. The van der Waals surface area contributed by atoms with E-state index in [1.54, 1.807) is 0 Å². The van der Waals surface area contributed by atoms with Crippen LogP contribution in [0.1, 0.15) is 44.0 Å². The quantitative estimate of drug-likeness (QED) is 0.691. The van der Waals surface area contributed by atoms with Gasteiger partial charge in [0.1, 0.15) is 5.82 Å². The molecule has 2 heterocycles. The number of thiocarbonyl (C=S) groups is 1. The number of rotatable bonds is 4. The van der Waals surface area contributed by atoms with E-state index in [-0.39, 0.29) is 22.9 Å². The molecule has 156 valence electrons. The zero-order valence-electron chi connectivity index (χ0n) is 16.3. The predicted molar refractivity (Wildman–Crippen MR) is 112 cm³/mol. The standard InChI is InChI=1S/C20H24F3N5S/c1-13-7-6-10-28(12-13)17-11-16(20(21,22)23)25-18(26-17)27-19(29)24-14(2)15-8-4-3-5-9-15/h3-5,8-9,11,13-14H,6-7,10,12H2,1-2H3,(H2,24,25,26,27,29)/t13-,14+/m1/s1. The van der Waals surface area contributed by atoms with E-state index in [4.69, 9.17) is 12.2 Å². The van der Waals surface area contributed by atoms with Crippen molar-refractivity contribution in [3.8, 4) is 0 Å². The maximum absolute atomic E-state index is 13.4. The Hall–Kier alpha value is -2.42. The van der Waals surface area contributed by atoms with Crippen LogP contribution in [0.3, 0.4) is 0 Å². The van der Waals surface area contributed by atoms with E-state index in [9.17, 15) is 13.2 Å². The summed E-state index contributed by atoms with van der Waals surface area (Å²) in [4.78, 5) is 9.81. The fraction of sp³-hybridized carbons (Fsp3) is 0.450. The minimum absolute atomic E-state index is 0.121. The Morgan fingerprint density at radius 3 is 2.62 bits per heavy atom. The Morgan fingerprint density at radius 2 is 1.97 bits per heavy atom. The first-order valence-electron chi connectivity index (χ1n) is 9.56. The molecule has 1 aromatic carbocycles. The average molecular weight is 424 g/mol. The maximum Gasteiger partial charge on any atom is 0.433 e. The lowest BCUT2D eigenvalue weighted by atomic mass is 10.0. The number of piperidine rings is 1. The second kappa shape index (κ2) is 8.94. The summed E-state index contributed by atoms with van der Waals surface area (Å²) in [5.41, 5.74) is 0.0201. The lowest BCUT2D eigenvalue weighted by molar-refractivity contribution is -0.141. The average Bonchev–Trinajstić information content (AvgIpc) is 2.67. The monoisotopic (exact) mass is 423 g/mol. The van der Waals surface area contributed by atoms with Crippen LogP contribution in [0.5, 0.6) is 0 Å². The first-order valence-corrected chi connectivity index (χ1v) is 9.97. The fourth-order valence-corrected chi connectivity index (χ4v) is 3.62. The highest BCUT2D eigenvalue weighted by molar-refractivity contribution is 7.80. The number of anilines is 2. The lowest BCUT2D eigenvalue weighted by Gasteiger charge is -2.32. The zero-order chi connectivity index (χ0) is 21.0. The summed E-state index contributed by atoms with van der Waals surface area (Å²) in [6.07, 6.45) is -2.59. The van der Waals surface area contributed by atoms with Crippen LogP contribution in [0.15, 0.2) is 36.4 Å². The van der Waals surface area contributed by atoms with Crippen molar-refractivity contribution in [2.45, 2.75) is 38.9 Å². The second-order valence-electron chi connectivity index (χ2n) is 7.36. The van der Waals surface area contributed by atoms with Crippen molar-refractivity contribution in [1.82, 2.24) is 15.3 Å². The van der Waals surface area contributed by atoms with Gasteiger partial charge >= 0.3 is 6.18 Å². The van der Waals surface area contributed by atoms with Crippen LogP contribution in [-0.4, -0.2) is 28.2 Å². The number of nitrogens with zero attached hydrogens (tertiary/aromatic N) is 3. The van der Waals surface area contributed by atoms with Crippen molar-refractivity contribution < 1.29 is 13.2 Å². The molecular formula is C20H24F3N5S. The molecule has 0 saturated carbocycles. The van der Waals surface area contributed by atoms with Gasteiger partial charge in [-0.05, 0) is 43.5 Å². The summed E-state index contributed by atoms with van der Waals surface area (Å²) in [6, 6.07) is 10.5. The van der Waals surface area contributed by atoms with Crippen molar-refractivity contribution in [3.63, 3.8) is 0 Å². The Bertz CT molecular complexity index is 844. The molecule has 0 amide bonds. The summed E-state index contributed by atoms with van der Waals surface area (Å²) < 4.78 is 40.1. The predicted octanol–water partition coefficient (Wildman–Crippen LogP) is 4.78. The number of benzene rings is 1. The molecule has 1 fully saturated rings. The third kappa shape index (κ3) is 5.79. The van der Waals surface area contributed by atoms with Crippen molar-refractivity contribution in [3.05, 3.63) is 47.7 Å². The van der Waals surface area contributed by atoms with Gasteiger partial charge in [0.25, 0.3) is 0 Å². The maximum atomic E-state index is 13.4. The van der Waals surface area contributed by atoms with E-state index in [0.717, 1.165) is 24.5 Å². The molecule has 9 heteroatoms. The van der Waals surface area contributed by atoms with E-state index in [1.807, 2.05) is 42.2 Å². The Kier molecular flexibility index (Phi) is 6.56. The molecule has 1 aliphatic heterocycles. The van der Waals surface area contributed by atoms with Gasteiger partial charge in [0.05, 0.1) is 6.04 Å². The summed E-state index contributed by atoms with van der Waals surface area (Å²) >= 11 is 5.27. The van der Waals surface area contributed by atoms with Crippen LogP contribution >= 0.6 is 12.2 Å². The molecule has 1 aliphatic rings. The van der Waals surface area contributed by atoms with E-state index in [0.29, 0.717) is 19.0 Å². The number of hydrogen-bond acceptors (Lipinski definition) is 4. The van der Waals surface area contributed by atoms with E-state index in [1.165, 1.54) is 0 Å². The van der Waals surface area contributed by atoms with Crippen LogP contribution in [0.2, 0.25) is 0 Å². The molecular weight excluding hydrogens is 399 g/mol. The highest BCUT2D eigenvalue weighted by Crippen LogP contribution is 2.31. The molecule has 29 heavy (non-hydrogen) atoms. The smallest absolute Gasteiger partial charge is 0.356 e. The van der Waals surface area contributed by atoms with Crippen LogP contribution in [-0.2, 0) is 6.18 Å². The molecule has 2 aromatic rings. The second-order valence-corrected chi connectivity index (χ2v) is 7.77. The third-order valence-corrected chi connectivity index (χ3v) is 5.08. The van der Waals surface area contributed by atoms with Gasteiger partial charge in [0, 0.05) is 19.2 Å². The summed E-state index contributed by atoms with van der Waals surface area (Å²) in [6.45, 7) is 5.34. The largest absolute Gasteiger partial charge is 0.433 e. The van der Waals surface area contributed by atoms with Crippen LogP contribution < -0.4 is 15.5 Å². The first-order chi connectivity index (χ1) is 13.7. The SMILES string of the molecule is C[C@@H]1CCCN(c2cc(C(F)(F)F)nc(NC(=S)N[C@@H](C)c3ccccc3)n2)C1. The highest BCUT2D eigenvalue weighted by atomic mass is 32.1. The van der Waals surface area contributed by atoms with Crippen LogP contribution in [0.25, 0.3) is 0 Å². The molecule has 0 spiro atoms. The van der Waals surface area contributed by atoms with E-state index < -0.39 is 11.9 Å². The molecule has 3 rings (SSSR count). The molecule has 0 bridgehead atoms. The van der Waals surface area contributed by atoms with Crippen molar-refractivity contribution in [2.75, 3.05) is 23.3 Å². The lowest BCUT2D eigenvalue weighted by Crippen LogP contribution is -2.36. The van der Waals surface area contributed by atoms with Gasteiger partial charge in [-0.1, -0.05) is 37.3 Å². The van der Waals surface area contributed by atoms with Gasteiger partial charge in [0.2, 0.25) is 5.95 Å². The molecule has 0 unspecified atom stereocenters. The summed E-state index contributed by atoms with van der Waals surface area (Å²) in [5, 5.41) is 5.94. The van der Waals surface area contributed by atoms with Gasteiger partial charge in [-0.2, -0.15) is 18.2 Å². The number of aromatic nitrogens is 2. The topological polar surface area (TPSA) is 53.1 Å². The molecule has 2 atom stereocenters. The van der Waals surface area contributed by atoms with Gasteiger partial charge in [-0.3, -0.25) is 0 Å². The van der Waals surface area contributed by atoms with Crippen molar-refractivity contribution in [2.24, 2.45) is 5.92 Å². The molecule has 0 aliphatic carbocycles. The van der Waals surface area contributed by atoms with E-state index >= 15 is 0 Å². The molecule has 1 saturated heterocycles. The Labute approximate surface area is 173 Å². The number of halogens is 3. The fourth-order valence-electron chi connectivity index (χ4n) is 3.35. The Balaban J connectivity index is 1.78. The number of alkyl halides is 3. The van der Waals surface area contributed by atoms with Crippen LogP contribution in [0, 0.1) is 5.92 Å². The van der Waals surface area contributed by atoms with Gasteiger partial charge in [-0.15, -0.1) is 0 Å². The first kappa shape index (κ1) is 21.3. The minimum Gasteiger partial charge on any atom is -0.356 e. The zero-order valence-corrected chi connectivity index (χ0v) is 17.1. The summed E-state index contributed by atoms with van der Waals surface area (Å²) in [5.74, 6) is 0.505. The minimum atomic E-state index is -4.57. The molecule has 2 N–H and O–H groups in total. The number of hydrogen-bond donors (Lipinski definition) is 2. The molecule has 5 nitrogen and oxygen atoms in total. The Morgan fingerprint density at radius 1 is 1.24 bits per heavy atom. The van der Waals surface area contributed by atoms with E-state index in [2.05, 4.69) is 27.5 Å². The van der Waals surface area contributed by atoms with Crippen molar-refractivity contribution in [1.29, 1.82) is 0 Å². The molecule has 1 aromatic heterocycles. The highest BCUT2D eigenvalue weighted by Gasteiger charge is 2.34. The third-order valence-electron chi connectivity index (χ3n) is 4.86. The summed E-state index contributed by atoms with van der Waals surface area (Å²) in [7, 11) is 0. The van der Waals surface area contributed by atoms with Gasteiger partial charge < -0.3 is 15.5 Å². The number of nitrogens with one attached hydrogen (secondary N) is 2. The van der Waals surface area contributed by atoms with Gasteiger partial charge in [-0.25, -0.2) is 4.98 Å². The normalized spacial score (nSPS) is 18.2.